The molecular weight excluding hydrogens is 340 g/mol. The Hall–Kier alpha value is -1.60. The first-order chi connectivity index (χ1) is 9.93. The smallest absolute Gasteiger partial charge is 0.329 e. The largest absolute Gasteiger partial charge is 0.480 e. The summed E-state index contributed by atoms with van der Waals surface area (Å²) in [6.07, 6.45) is 0.515. The maximum absolute atomic E-state index is 12.0. The van der Waals surface area contributed by atoms with Gasteiger partial charge >= 0.3 is 12.0 Å². The van der Waals surface area contributed by atoms with Crippen LogP contribution < -0.4 is 10.6 Å². The molecule has 0 aromatic heterocycles. The quantitative estimate of drug-likeness (QED) is 0.776. The molecule has 0 bridgehead atoms. The Bertz CT molecular complexity index is 556. The number of amides is 2. The Morgan fingerprint density at radius 3 is 2.57 bits per heavy atom. The third-order valence-corrected chi connectivity index (χ3v) is 4.39. The maximum Gasteiger partial charge on any atom is 0.329 e. The molecule has 1 fully saturated rings. The van der Waals surface area contributed by atoms with E-state index in [4.69, 9.17) is 4.74 Å². The molecule has 7 heteroatoms. The number of hydrogen-bond acceptors (Lipinski definition) is 3. The lowest BCUT2D eigenvalue weighted by atomic mass is 9.90. The van der Waals surface area contributed by atoms with Gasteiger partial charge in [-0.05, 0) is 24.6 Å². The Balaban J connectivity index is 2.05. The first-order valence-electron chi connectivity index (χ1n) is 6.59. The van der Waals surface area contributed by atoms with Gasteiger partial charge in [-0.15, -0.1) is 0 Å². The summed E-state index contributed by atoms with van der Waals surface area (Å²) in [6.45, 7) is 2.58. The van der Waals surface area contributed by atoms with E-state index in [2.05, 4.69) is 26.6 Å². The van der Waals surface area contributed by atoms with Gasteiger partial charge in [0.1, 0.15) is 5.54 Å². The number of carbonyl (C=O) groups is 2. The van der Waals surface area contributed by atoms with Crippen molar-refractivity contribution in [3.8, 4) is 0 Å². The van der Waals surface area contributed by atoms with Crippen LogP contribution in [0.5, 0.6) is 0 Å². The Morgan fingerprint density at radius 1 is 1.33 bits per heavy atom. The second kappa shape index (κ2) is 6.44. The van der Waals surface area contributed by atoms with Gasteiger partial charge in [-0.1, -0.05) is 22.0 Å². The zero-order valence-electron chi connectivity index (χ0n) is 11.6. The Kier molecular flexibility index (Phi) is 4.84. The number of hydrogen-bond donors (Lipinski definition) is 3. The van der Waals surface area contributed by atoms with Crippen LogP contribution in [0.2, 0.25) is 0 Å². The predicted molar refractivity (Wildman–Crippen MR) is 81.5 cm³/mol. The third-order valence-electron chi connectivity index (χ3n) is 3.54. The van der Waals surface area contributed by atoms with Gasteiger partial charge in [0.05, 0.1) is 0 Å². The molecule has 114 valence electrons. The minimum Gasteiger partial charge on any atom is -0.480 e. The SMILES string of the molecule is Cc1ccc(NC(=O)NC2(C(=O)O)CCOCC2)cc1Br. The number of anilines is 1. The minimum absolute atomic E-state index is 0.257. The number of ether oxygens (including phenoxy) is 1. The summed E-state index contributed by atoms with van der Waals surface area (Å²) < 4.78 is 6.04. The second-order valence-corrected chi connectivity index (χ2v) is 5.90. The number of halogens is 1. The van der Waals surface area contributed by atoms with E-state index < -0.39 is 17.5 Å². The van der Waals surface area contributed by atoms with Crippen LogP contribution in [0, 0.1) is 6.92 Å². The van der Waals surface area contributed by atoms with Crippen molar-refractivity contribution in [2.45, 2.75) is 25.3 Å². The second-order valence-electron chi connectivity index (χ2n) is 5.04. The summed E-state index contributed by atoms with van der Waals surface area (Å²) in [5.74, 6) is -1.04. The Morgan fingerprint density at radius 2 is 2.00 bits per heavy atom. The van der Waals surface area contributed by atoms with E-state index in [1.54, 1.807) is 12.1 Å². The Labute approximate surface area is 131 Å². The normalized spacial score (nSPS) is 17.0. The fourth-order valence-electron chi connectivity index (χ4n) is 2.16. The molecule has 1 heterocycles. The summed E-state index contributed by atoms with van der Waals surface area (Å²) >= 11 is 3.39. The van der Waals surface area contributed by atoms with Crippen molar-refractivity contribution in [1.82, 2.24) is 5.32 Å². The predicted octanol–water partition coefficient (Wildman–Crippen LogP) is 2.51. The van der Waals surface area contributed by atoms with Crippen LogP contribution in [0.25, 0.3) is 0 Å². The van der Waals surface area contributed by atoms with Gasteiger partial charge in [-0.2, -0.15) is 0 Å². The van der Waals surface area contributed by atoms with Gasteiger partial charge in [0.25, 0.3) is 0 Å². The summed E-state index contributed by atoms with van der Waals surface area (Å²) in [4.78, 5) is 23.5. The van der Waals surface area contributed by atoms with Crippen molar-refractivity contribution in [1.29, 1.82) is 0 Å². The summed E-state index contributed by atoms with van der Waals surface area (Å²) in [5.41, 5.74) is 0.384. The molecule has 1 aliphatic heterocycles. The van der Waals surface area contributed by atoms with Crippen LogP contribution in [-0.4, -0.2) is 35.9 Å². The van der Waals surface area contributed by atoms with Gasteiger partial charge in [0.15, 0.2) is 0 Å². The van der Waals surface area contributed by atoms with E-state index in [9.17, 15) is 14.7 Å². The van der Waals surface area contributed by atoms with E-state index in [1.807, 2.05) is 13.0 Å². The van der Waals surface area contributed by atoms with Crippen molar-refractivity contribution in [2.75, 3.05) is 18.5 Å². The number of aliphatic carboxylic acids is 1. The molecule has 21 heavy (non-hydrogen) atoms. The number of aryl methyl sites for hydroxylation is 1. The number of urea groups is 1. The van der Waals surface area contributed by atoms with Crippen LogP contribution in [0.1, 0.15) is 18.4 Å². The molecule has 2 amide bonds. The van der Waals surface area contributed by atoms with Gasteiger partial charge in [-0.3, -0.25) is 0 Å². The highest BCUT2D eigenvalue weighted by Crippen LogP contribution is 2.23. The summed E-state index contributed by atoms with van der Waals surface area (Å²) in [7, 11) is 0. The number of rotatable bonds is 3. The average molecular weight is 357 g/mol. The highest BCUT2D eigenvalue weighted by atomic mass is 79.9. The molecular formula is C14H17BrN2O4. The zero-order valence-corrected chi connectivity index (χ0v) is 13.2. The number of carboxylic acid groups (broad SMARTS) is 1. The molecule has 3 N–H and O–H groups in total. The number of carboxylic acids is 1. The molecule has 1 saturated heterocycles. The first kappa shape index (κ1) is 15.8. The van der Waals surface area contributed by atoms with Gasteiger partial charge < -0.3 is 20.5 Å². The lowest BCUT2D eigenvalue weighted by molar-refractivity contribution is -0.148. The fraction of sp³-hybridized carbons (Fsp3) is 0.429. The monoisotopic (exact) mass is 356 g/mol. The van der Waals surface area contributed by atoms with E-state index in [0.717, 1.165) is 10.0 Å². The van der Waals surface area contributed by atoms with Crippen LogP contribution >= 0.6 is 15.9 Å². The van der Waals surface area contributed by atoms with Crippen LogP contribution in [0.15, 0.2) is 22.7 Å². The topological polar surface area (TPSA) is 87.7 Å². The van der Waals surface area contributed by atoms with Crippen molar-refractivity contribution in [3.63, 3.8) is 0 Å². The standard InChI is InChI=1S/C14H17BrN2O4/c1-9-2-3-10(8-11(9)15)16-13(20)17-14(12(18)19)4-6-21-7-5-14/h2-3,8H,4-7H2,1H3,(H,18,19)(H2,16,17,20). The van der Waals surface area contributed by atoms with Crippen molar-refractivity contribution >= 4 is 33.6 Å². The minimum atomic E-state index is -1.26. The lowest BCUT2D eigenvalue weighted by Crippen LogP contribution is -2.58. The van der Waals surface area contributed by atoms with E-state index in [0.29, 0.717) is 18.9 Å². The van der Waals surface area contributed by atoms with Crippen LogP contribution in [0.4, 0.5) is 10.5 Å². The highest BCUT2D eigenvalue weighted by molar-refractivity contribution is 9.10. The average Bonchev–Trinajstić information content (AvgIpc) is 2.43. The molecule has 0 aliphatic carbocycles. The maximum atomic E-state index is 12.0. The number of nitrogens with one attached hydrogen (secondary N) is 2. The van der Waals surface area contributed by atoms with Gasteiger partial charge in [0, 0.05) is 36.2 Å². The molecule has 0 unspecified atom stereocenters. The first-order valence-corrected chi connectivity index (χ1v) is 7.39. The molecule has 1 aromatic rings. The molecule has 1 aliphatic rings. The summed E-state index contributed by atoms with van der Waals surface area (Å²) in [5, 5.41) is 14.6. The molecule has 0 radical (unpaired) electrons. The highest BCUT2D eigenvalue weighted by Gasteiger charge is 2.41. The summed E-state index contributed by atoms with van der Waals surface area (Å²) in [6, 6.07) is 4.86. The number of carbonyl (C=O) groups excluding carboxylic acids is 1. The van der Waals surface area contributed by atoms with Gasteiger partial charge in [0.2, 0.25) is 0 Å². The zero-order chi connectivity index (χ0) is 15.5. The molecule has 6 nitrogen and oxygen atoms in total. The molecule has 0 spiro atoms. The van der Waals surface area contributed by atoms with E-state index >= 15 is 0 Å². The third kappa shape index (κ3) is 3.74. The van der Waals surface area contributed by atoms with Crippen molar-refractivity contribution in [2.24, 2.45) is 0 Å². The lowest BCUT2D eigenvalue weighted by Gasteiger charge is -2.33. The van der Waals surface area contributed by atoms with Crippen LogP contribution in [-0.2, 0) is 9.53 Å². The van der Waals surface area contributed by atoms with Crippen LogP contribution in [0.3, 0.4) is 0 Å². The van der Waals surface area contributed by atoms with Crippen molar-refractivity contribution in [3.05, 3.63) is 28.2 Å². The molecule has 1 aromatic carbocycles. The van der Waals surface area contributed by atoms with Gasteiger partial charge in [-0.25, -0.2) is 9.59 Å². The molecule has 0 atom stereocenters. The molecule has 0 saturated carbocycles. The molecule has 2 rings (SSSR count). The van der Waals surface area contributed by atoms with Crippen molar-refractivity contribution < 1.29 is 19.4 Å². The fourth-order valence-corrected chi connectivity index (χ4v) is 2.54. The number of benzene rings is 1. The van der Waals surface area contributed by atoms with E-state index in [1.165, 1.54) is 0 Å². The van der Waals surface area contributed by atoms with E-state index in [-0.39, 0.29) is 12.8 Å².